The maximum Gasteiger partial charge on any atom is 1.00 e. The van der Waals surface area contributed by atoms with E-state index in [-0.39, 0.29) is 48.1 Å². The average molecular weight is 380 g/mol. The van der Waals surface area contributed by atoms with Crippen LogP contribution in [0.4, 0.5) is 0 Å². The van der Waals surface area contributed by atoms with Gasteiger partial charge in [-0.3, -0.25) is 8.98 Å². The summed E-state index contributed by atoms with van der Waals surface area (Å²) in [6, 6.07) is 0. The molecule has 0 heterocycles. The summed E-state index contributed by atoms with van der Waals surface area (Å²) in [5.74, 6) is -0.745. The van der Waals surface area contributed by atoms with Gasteiger partial charge in [0.2, 0.25) is 10.4 Å². The molecule has 9 heteroatoms. The van der Waals surface area contributed by atoms with Crippen LogP contribution in [-0.4, -0.2) is 36.1 Å². The first-order chi connectivity index (χ1) is 10.3. The van der Waals surface area contributed by atoms with Crippen molar-refractivity contribution < 1.29 is 62.1 Å². The van der Waals surface area contributed by atoms with E-state index in [9.17, 15) is 17.8 Å². The fourth-order valence-electron chi connectivity index (χ4n) is 1.75. The second kappa shape index (κ2) is 23.3. The van der Waals surface area contributed by atoms with E-state index in [1.165, 1.54) is 44.9 Å². The minimum Gasteiger partial charge on any atom is -0.726 e. The zero-order chi connectivity index (χ0) is 17.3. The standard InChI is InChI=1S/C12H26O4S.C3H6O2.Na.H2O/c1-2-3-4-5-6-7-8-9-10-11-12-16-17(13,14)15;1-2-3(4)5;;/h2-12H2,1H3,(H,13,14,15);2H2,1H3,(H,4,5);;1H2/q;;+1;/p-1. The van der Waals surface area contributed by atoms with E-state index < -0.39 is 16.4 Å². The van der Waals surface area contributed by atoms with Crippen LogP contribution in [0.25, 0.3) is 0 Å². The largest absolute Gasteiger partial charge is 1.00 e. The van der Waals surface area contributed by atoms with Crippen molar-refractivity contribution in [2.75, 3.05) is 6.61 Å². The Bertz CT molecular complexity index is 348. The van der Waals surface area contributed by atoms with Gasteiger partial charge in [-0.05, 0) is 6.42 Å². The Morgan fingerprint density at radius 3 is 1.54 bits per heavy atom. The van der Waals surface area contributed by atoms with Gasteiger partial charge in [-0.2, -0.15) is 0 Å². The summed E-state index contributed by atoms with van der Waals surface area (Å²) in [6.07, 6.45) is 11.9. The van der Waals surface area contributed by atoms with E-state index in [1.54, 1.807) is 6.92 Å². The van der Waals surface area contributed by atoms with E-state index in [1.807, 2.05) is 0 Å². The van der Waals surface area contributed by atoms with E-state index >= 15 is 0 Å². The predicted molar refractivity (Wildman–Crippen MR) is 89.0 cm³/mol. The molecule has 0 saturated carbocycles. The van der Waals surface area contributed by atoms with Gasteiger partial charge in [0.15, 0.2) is 0 Å². The Hall–Kier alpha value is 0.300. The minimum atomic E-state index is -4.48. The van der Waals surface area contributed by atoms with Gasteiger partial charge in [-0.25, -0.2) is 8.42 Å². The Kier molecular flexibility index (Phi) is 31.1. The maximum absolute atomic E-state index is 10.1. The monoisotopic (exact) mass is 380 g/mol. The number of hydrogen-bond donors (Lipinski definition) is 1. The molecule has 0 fully saturated rings. The minimum absolute atomic E-state index is 0. The molecule has 0 aliphatic carbocycles. The summed E-state index contributed by atoms with van der Waals surface area (Å²) in [7, 11) is -4.48. The van der Waals surface area contributed by atoms with Crippen LogP contribution in [0, 0.1) is 0 Å². The molecule has 0 aromatic rings. The normalized spacial score (nSPS) is 9.96. The number of carbonyl (C=O) groups is 1. The van der Waals surface area contributed by atoms with Crippen LogP contribution in [0.15, 0.2) is 0 Å². The molecule has 0 unspecified atom stereocenters. The van der Waals surface area contributed by atoms with Crippen LogP contribution >= 0.6 is 0 Å². The number of carboxylic acid groups (broad SMARTS) is 1. The van der Waals surface area contributed by atoms with E-state index in [0.717, 1.165) is 12.8 Å². The van der Waals surface area contributed by atoms with E-state index in [0.29, 0.717) is 6.42 Å². The molecular weight excluding hydrogens is 347 g/mol. The van der Waals surface area contributed by atoms with Crippen molar-refractivity contribution in [2.24, 2.45) is 0 Å². The third-order valence-corrected chi connectivity index (χ3v) is 3.48. The predicted octanol–water partition coefficient (Wildman–Crippen LogP) is 0.0444. The van der Waals surface area contributed by atoms with Gasteiger partial charge in [0.05, 0.1) is 6.61 Å². The first-order valence-corrected chi connectivity index (χ1v) is 9.48. The van der Waals surface area contributed by atoms with Crippen molar-refractivity contribution in [3.63, 3.8) is 0 Å². The molecule has 0 bridgehead atoms. The van der Waals surface area contributed by atoms with Gasteiger partial charge >= 0.3 is 35.5 Å². The number of rotatable bonds is 13. The summed E-state index contributed by atoms with van der Waals surface area (Å²) < 4.78 is 34.5. The van der Waals surface area contributed by atoms with Gasteiger partial charge in [-0.1, -0.05) is 71.6 Å². The molecule has 0 aliphatic heterocycles. The Labute approximate surface area is 169 Å². The molecule has 142 valence electrons. The zero-order valence-corrected chi connectivity index (χ0v) is 18.2. The fourth-order valence-corrected chi connectivity index (χ4v) is 2.07. The quantitative estimate of drug-likeness (QED) is 0.207. The van der Waals surface area contributed by atoms with E-state index in [4.69, 9.17) is 5.11 Å². The van der Waals surface area contributed by atoms with Gasteiger partial charge in [0, 0.05) is 6.42 Å². The van der Waals surface area contributed by atoms with Gasteiger partial charge in [-0.15, -0.1) is 0 Å². The number of unbranched alkanes of at least 4 members (excludes halogenated alkanes) is 9. The van der Waals surface area contributed by atoms with Crippen molar-refractivity contribution in [1.82, 2.24) is 0 Å². The zero-order valence-electron chi connectivity index (χ0n) is 15.4. The summed E-state index contributed by atoms with van der Waals surface area (Å²) in [5, 5.41) is 7.72. The number of aliphatic carboxylic acids is 1. The fraction of sp³-hybridized carbons (Fsp3) is 0.933. The summed E-state index contributed by atoms with van der Waals surface area (Å²) in [5.41, 5.74) is 0. The maximum atomic E-state index is 10.1. The number of hydrogen-bond acceptors (Lipinski definition) is 5. The molecule has 0 amide bonds. The summed E-state index contributed by atoms with van der Waals surface area (Å²) >= 11 is 0. The molecule has 0 atom stereocenters. The molecule has 0 saturated heterocycles. The molecule has 0 spiro atoms. The van der Waals surface area contributed by atoms with Crippen LogP contribution in [0.5, 0.6) is 0 Å². The molecule has 0 aliphatic rings. The Morgan fingerprint density at radius 1 is 0.917 bits per heavy atom. The van der Waals surface area contributed by atoms with Gasteiger partial charge in [0.1, 0.15) is 0 Å². The Balaban J connectivity index is -0.000000250. The van der Waals surface area contributed by atoms with Crippen molar-refractivity contribution in [1.29, 1.82) is 0 Å². The van der Waals surface area contributed by atoms with Crippen molar-refractivity contribution in [3.05, 3.63) is 0 Å². The van der Waals surface area contributed by atoms with Crippen LogP contribution in [0.1, 0.15) is 84.5 Å². The second-order valence-corrected chi connectivity index (χ2v) is 6.21. The molecule has 24 heavy (non-hydrogen) atoms. The average Bonchev–Trinajstić information content (AvgIpc) is 2.44. The first-order valence-electron chi connectivity index (χ1n) is 8.15. The van der Waals surface area contributed by atoms with Gasteiger partial charge < -0.3 is 15.1 Å². The van der Waals surface area contributed by atoms with Crippen LogP contribution < -0.4 is 29.6 Å². The number of carboxylic acids is 1. The molecule has 0 aromatic carbocycles. The molecule has 0 aromatic heterocycles. The molecule has 0 radical (unpaired) electrons. The summed E-state index contributed by atoms with van der Waals surface area (Å²) in [6.45, 7) is 3.84. The van der Waals surface area contributed by atoms with Crippen molar-refractivity contribution in [3.8, 4) is 0 Å². The smallest absolute Gasteiger partial charge is 0.726 e. The molecule has 0 rings (SSSR count). The Morgan fingerprint density at radius 2 is 1.25 bits per heavy atom. The van der Waals surface area contributed by atoms with Crippen molar-refractivity contribution >= 4 is 16.4 Å². The first kappa shape index (κ1) is 32.0. The topological polar surface area (TPSA) is 135 Å². The van der Waals surface area contributed by atoms with Crippen molar-refractivity contribution in [2.45, 2.75) is 84.5 Å². The second-order valence-electron chi connectivity index (χ2n) is 5.16. The molecular formula is C15H33NaO7S. The third-order valence-electron chi connectivity index (χ3n) is 3.03. The molecule has 3 N–H and O–H groups in total. The van der Waals surface area contributed by atoms with E-state index in [2.05, 4.69) is 11.1 Å². The van der Waals surface area contributed by atoms with Crippen LogP contribution in [0.3, 0.4) is 0 Å². The van der Waals surface area contributed by atoms with Crippen LogP contribution in [0.2, 0.25) is 0 Å². The molecule has 7 nitrogen and oxygen atoms in total. The SMILES string of the molecule is CCC(=O)O.CCCCCCCCCCCCOS(=O)(=O)[O-].O.[Na+]. The van der Waals surface area contributed by atoms with Crippen LogP contribution in [-0.2, 0) is 19.4 Å². The third kappa shape index (κ3) is 38.1. The summed E-state index contributed by atoms with van der Waals surface area (Å²) in [4.78, 5) is 9.37. The van der Waals surface area contributed by atoms with Gasteiger partial charge in [0.25, 0.3) is 0 Å².